The molecule has 0 aliphatic heterocycles. The van der Waals surface area contributed by atoms with Crippen molar-refractivity contribution < 1.29 is 27.5 Å². The lowest BCUT2D eigenvalue weighted by atomic mass is 10.0. The Morgan fingerprint density at radius 2 is 1.35 bits per heavy atom. The number of pyridine rings is 4. The summed E-state index contributed by atoms with van der Waals surface area (Å²) in [5, 5.41) is 9.83. The molecule has 1 N–H and O–H groups in total. The second kappa shape index (κ2) is 13.2. The lowest BCUT2D eigenvalue weighted by Gasteiger charge is -2.11. The second-order valence-corrected chi connectivity index (χ2v) is 6.23. The largest absolute Gasteiger partial charge is 0.383 e. The number of aromatic nitrogens is 4. The first kappa shape index (κ1) is 25.0. The third kappa shape index (κ3) is 7.19. The number of ketones is 1. The van der Waals surface area contributed by atoms with E-state index < -0.39 is 35.7 Å². The van der Waals surface area contributed by atoms with Gasteiger partial charge in [0.25, 0.3) is 0 Å². The summed E-state index contributed by atoms with van der Waals surface area (Å²) in [6.45, 7) is 1.82. The standard InChI is InChI=1S/C11H8F2N2O.C11H6F2N2O.CH5P/c2*12-9-2-1-8(11(13)15-9)10(16)7-3-5-14-6-4-7;1-2/h1-6,10,16H;1-6H;2H2,1H3/i;;2D. The quantitative estimate of drug-likeness (QED) is 0.198. The van der Waals surface area contributed by atoms with E-state index in [1.807, 2.05) is 6.66 Å². The van der Waals surface area contributed by atoms with Crippen LogP contribution in [0, 0.1) is 23.8 Å². The van der Waals surface area contributed by atoms with Crippen LogP contribution in [-0.4, -0.2) is 38.8 Å². The van der Waals surface area contributed by atoms with E-state index in [9.17, 15) is 27.5 Å². The van der Waals surface area contributed by atoms with Crippen LogP contribution in [-0.2, 0) is 0 Å². The molecule has 0 aliphatic carbocycles. The van der Waals surface area contributed by atoms with Crippen molar-refractivity contribution in [1.29, 1.82) is 1.28 Å². The third-order valence-electron chi connectivity index (χ3n) is 4.16. The lowest BCUT2D eigenvalue weighted by Crippen LogP contribution is -2.06. The number of nitrogens with zero attached hydrogens (tertiary/aromatic N) is 4. The van der Waals surface area contributed by atoms with E-state index in [-0.39, 0.29) is 16.7 Å². The summed E-state index contributed by atoms with van der Waals surface area (Å²) in [4.78, 5) is 25.2. The minimum Gasteiger partial charge on any atom is -0.383 e. The van der Waals surface area contributed by atoms with E-state index >= 15 is 0 Å². The molecule has 0 fully saturated rings. The summed E-state index contributed by atoms with van der Waals surface area (Å²) in [6.07, 6.45) is 4.63. The van der Waals surface area contributed by atoms with Gasteiger partial charge in [-0.15, -0.1) is 9.18 Å². The molecule has 0 saturated heterocycles. The first-order valence-corrected chi connectivity index (χ1v) is 10.5. The van der Waals surface area contributed by atoms with E-state index in [4.69, 9.17) is 1.28 Å². The zero-order chi connectivity index (χ0) is 25.8. The van der Waals surface area contributed by atoms with Gasteiger partial charge in [0.2, 0.25) is 23.8 Å². The monoisotopic (exact) mass is 491 g/mol. The highest BCUT2D eigenvalue weighted by Crippen LogP contribution is 2.22. The maximum Gasteiger partial charge on any atom is 0.226 e. The Bertz CT molecular complexity index is 1240. The summed E-state index contributed by atoms with van der Waals surface area (Å²) >= 11 is 0. The number of carbonyl (C=O) groups excluding carboxylic acids is 1. The maximum atomic E-state index is 13.3. The molecule has 4 aromatic rings. The van der Waals surface area contributed by atoms with Crippen LogP contribution >= 0.6 is 9.18 Å². The van der Waals surface area contributed by atoms with Gasteiger partial charge in [-0.05, 0) is 54.1 Å². The van der Waals surface area contributed by atoms with E-state index in [0.717, 1.165) is 18.2 Å². The fourth-order valence-corrected chi connectivity index (χ4v) is 2.59. The predicted octanol–water partition coefficient (Wildman–Crippen LogP) is 4.31. The number of hydrogen-bond donors (Lipinski definition) is 1. The van der Waals surface area contributed by atoms with Crippen LogP contribution < -0.4 is 0 Å². The number of halogens is 4. The Kier molecular flexibility index (Phi) is 9.69. The van der Waals surface area contributed by atoms with Crippen LogP contribution in [0.4, 0.5) is 17.6 Å². The van der Waals surface area contributed by atoms with Gasteiger partial charge in [0.1, 0.15) is 6.10 Å². The fourth-order valence-electron chi connectivity index (χ4n) is 2.59. The molecule has 4 aromatic heterocycles. The molecule has 0 saturated carbocycles. The van der Waals surface area contributed by atoms with Crippen molar-refractivity contribution in [2.24, 2.45) is 0 Å². The van der Waals surface area contributed by atoms with Crippen molar-refractivity contribution in [3.05, 3.63) is 119 Å². The number of rotatable bonds is 4. The molecule has 4 heterocycles. The normalized spacial score (nSPS) is 11.5. The molecule has 2 atom stereocenters. The summed E-state index contributed by atoms with van der Waals surface area (Å²) in [5.41, 5.74) is 0.435. The van der Waals surface area contributed by atoms with Gasteiger partial charge in [-0.2, -0.15) is 27.5 Å². The van der Waals surface area contributed by atoms with E-state index in [1.54, 1.807) is 12.1 Å². The van der Waals surface area contributed by atoms with E-state index in [1.165, 1.54) is 43.0 Å². The van der Waals surface area contributed by atoms with Crippen molar-refractivity contribution in [3.63, 3.8) is 0 Å². The van der Waals surface area contributed by atoms with Crippen molar-refractivity contribution >= 4 is 15.0 Å². The van der Waals surface area contributed by atoms with Gasteiger partial charge in [-0.25, -0.2) is 0 Å². The van der Waals surface area contributed by atoms with Crippen molar-refractivity contribution in [2.75, 3.05) is 6.66 Å². The Hall–Kier alpha value is -3.62. The molecule has 34 heavy (non-hydrogen) atoms. The van der Waals surface area contributed by atoms with Gasteiger partial charge >= 0.3 is 0 Å². The van der Waals surface area contributed by atoms with Gasteiger partial charge in [-0.1, -0.05) is 6.66 Å². The molecular formula is C23H19F4N4O2P. The number of hydrogen-bond acceptors (Lipinski definition) is 6. The molecule has 6 nitrogen and oxygen atoms in total. The van der Waals surface area contributed by atoms with Gasteiger partial charge in [0, 0.05) is 35.9 Å². The Balaban J connectivity index is 0.000000222. The summed E-state index contributed by atoms with van der Waals surface area (Å²) in [7, 11) is 0.333. The van der Waals surface area contributed by atoms with Crippen LogP contribution in [0.25, 0.3) is 0 Å². The van der Waals surface area contributed by atoms with E-state index in [2.05, 4.69) is 19.9 Å². The van der Waals surface area contributed by atoms with Crippen molar-refractivity contribution in [2.45, 2.75) is 6.10 Å². The molecule has 176 valence electrons. The minimum atomic E-state index is -1.17. The average Bonchev–Trinajstić information content (AvgIpc) is 2.85. The van der Waals surface area contributed by atoms with Gasteiger partial charge in [-0.3, -0.25) is 14.8 Å². The predicted molar refractivity (Wildman–Crippen MR) is 120 cm³/mol. The molecule has 0 amide bonds. The molecule has 11 heteroatoms. The number of aliphatic hydroxyl groups excluding tert-OH is 1. The Morgan fingerprint density at radius 1 is 0.853 bits per heavy atom. The zero-order valence-electron chi connectivity index (χ0n) is 18.7. The molecule has 0 bridgehead atoms. The second-order valence-electron chi connectivity index (χ2n) is 6.23. The molecule has 0 radical (unpaired) electrons. The lowest BCUT2D eigenvalue weighted by molar-refractivity contribution is 0.103. The highest BCUT2D eigenvalue weighted by atomic mass is 31.0. The minimum absolute atomic E-state index is 0.0624. The van der Waals surface area contributed by atoms with Gasteiger partial charge < -0.3 is 5.11 Å². The number of carbonyl (C=O) groups is 1. The summed E-state index contributed by atoms with van der Waals surface area (Å²) < 4.78 is 57.8. The summed E-state index contributed by atoms with van der Waals surface area (Å²) in [6, 6.07) is 10.2. The smallest absolute Gasteiger partial charge is 0.226 e. The van der Waals surface area contributed by atoms with Crippen molar-refractivity contribution in [1.82, 2.24) is 19.9 Å². The maximum absolute atomic E-state index is 13.3. The first-order chi connectivity index (χ1) is 16.8. The molecule has 0 spiro atoms. The van der Waals surface area contributed by atoms with Gasteiger partial charge in [0.15, 0.2) is 5.78 Å². The van der Waals surface area contributed by atoms with Crippen LogP contribution in [0.5, 0.6) is 0 Å². The fraction of sp³-hybridized carbons (Fsp3) is 0.0870. The first-order valence-electron chi connectivity index (χ1n) is 10.0. The topological polar surface area (TPSA) is 88.9 Å². The van der Waals surface area contributed by atoms with Crippen molar-refractivity contribution in [3.8, 4) is 0 Å². The molecule has 4 rings (SSSR count). The van der Waals surface area contributed by atoms with Crippen LogP contribution in [0.1, 0.15) is 33.2 Å². The molecular weight excluding hydrogens is 471 g/mol. The molecule has 0 aliphatic rings. The zero-order valence-corrected chi connectivity index (χ0v) is 18.7. The van der Waals surface area contributed by atoms with Crippen LogP contribution in [0.3, 0.4) is 0 Å². The SMILES string of the molecule is O=C(c1ccncc1)c1ccc(F)nc1F.OC(c1ccncc1)c1ccc(F)nc1F.[2H]PC. The highest BCUT2D eigenvalue weighted by Gasteiger charge is 2.17. The highest BCUT2D eigenvalue weighted by molar-refractivity contribution is 7.15. The average molecular weight is 491 g/mol. The number of aliphatic hydroxyl groups is 1. The van der Waals surface area contributed by atoms with Crippen LogP contribution in [0.15, 0.2) is 73.3 Å². The molecule has 0 aromatic carbocycles. The van der Waals surface area contributed by atoms with E-state index in [0.29, 0.717) is 14.7 Å². The third-order valence-corrected chi connectivity index (χ3v) is 4.16. The van der Waals surface area contributed by atoms with Crippen LogP contribution in [0.2, 0.25) is 0 Å². The Morgan fingerprint density at radius 3 is 1.88 bits per heavy atom. The molecule has 2 unspecified atom stereocenters. The Labute approximate surface area is 196 Å². The summed E-state index contributed by atoms with van der Waals surface area (Å²) in [5.74, 6) is -4.54. The van der Waals surface area contributed by atoms with Gasteiger partial charge in [0.05, 0.1) is 6.84 Å².